The third-order valence-corrected chi connectivity index (χ3v) is 2.82. The normalized spacial score (nSPS) is 24.8. The molecule has 0 aromatic carbocycles. The van der Waals surface area contributed by atoms with Crippen molar-refractivity contribution >= 4 is 22.0 Å². The largest absolute Gasteiger partial charge is 0.379 e. The van der Waals surface area contributed by atoms with Gasteiger partial charge >= 0.3 is 0 Å². The Kier molecular flexibility index (Phi) is 2.00. The van der Waals surface area contributed by atoms with Crippen LogP contribution in [0.2, 0.25) is 0 Å². The number of rotatable bonds is 1. The molecule has 0 saturated carbocycles. The lowest BCUT2D eigenvalue weighted by Crippen LogP contribution is -2.21. The molecular formula is C10H10BrNO. The van der Waals surface area contributed by atoms with Crippen molar-refractivity contribution in [1.82, 2.24) is 4.98 Å². The van der Waals surface area contributed by atoms with Gasteiger partial charge in [-0.2, -0.15) is 0 Å². The zero-order valence-electron chi connectivity index (χ0n) is 7.29. The van der Waals surface area contributed by atoms with E-state index in [1.54, 1.807) is 6.08 Å². The van der Waals surface area contributed by atoms with Gasteiger partial charge in [-0.25, -0.2) is 4.98 Å². The van der Waals surface area contributed by atoms with E-state index in [1.807, 2.05) is 25.1 Å². The summed E-state index contributed by atoms with van der Waals surface area (Å²) < 4.78 is 0.766. The Hall–Kier alpha value is -0.670. The average molecular weight is 240 g/mol. The summed E-state index contributed by atoms with van der Waals surface area (Å²) in [6, 6.07) is 3.83. The van der Waals surface area contributed by atoms with Crippen LogP contribution in [0.1, 0.15) is 24.6 Å². The van der Waals surface area contributed by atoms with Crippen molar-refractivity contribution in [2.45, 2.75) is 18.9 Å². The first kappa shape index (κ1) is 8.91. The second kappa shape index (κ2) is 2.93. The number of hydrogen-bond donors (Lipinski definition) is 1. The van der Waals surface area contributed by atoms with Gasteiger partial charge in [0.1, 0.15) is 10.2 Å². The molecule has 3 heteroatoms. The molecule has 1 N–H and O–H groups in total. The van der Waals surface area contributed by atoms with Gasteiger partial charge < -0.3 is 5.11 Å². The molecule has 13 heavy (non-hydrogen) atoms. The molecule has 0 spiro atoms. The summed E-state index contributed by atoms with van der Waals surface area (Å²) >= 11 is 3.30. The molecule has 1 heterocycles. The van der Waals surface area contributed by atoms with Crippen molar-refractivity contribution < 1.29 is 5.11 Å². The average Bonchev–Trinajstić information content (AvgIpc) is 2.45. The zero-order valence-corrected chi connectivity index (χ0v) is 8.87. The highest BCUT2D eigenvalue weighted by molar-refractivity contribution is 9.10. The maximum Gasteiger partial charge on any atom is 0.125 e. The Morgan fingerprint density at radius 2 is 2.31 bits per heavy atom. The summed E-state index contributed by atoms with van der Waals surface area (Å²) in [6.07, 6.45) is 4.37. The predicted octanol–water partition coefficient (Wildman–Crippen LogP) is 2.47. The lowest BCUT2D eigenvalue weighted by atomic mass is 9.99. The van der Waals surface area contributed by atoms with Crippen LogP contribution in [0.5, 0.6) is 0 Å². The van der Waals surface area contributed by atoms with Crippen LogP contribution in [0.15, 0.2) is 22.8 Å². The first-order valence-corrected chi connectivity index (χ1v) is 5.03. The number of pyridine rings is 1. The molecule has 2 rings (SSSR count). The number of fused-ring (bicyclic) bond motifs is 1. The van der Waals surface area contributed by atoms with Crippen LogP contribution in [0.4, 0.5) is 0 Å². The fraction of sp³-hybridized carbons (Fsp3) is 0.300. The van der Waals surface area contributed by atoms with Gasteiger partial charge in [-0.05, 0) is 40.1 Å². The van der Waals surface area contributed by atoms with E-state index in [0.29, 0.717) is 6.42 Å². The molecule has 1 atom stereocenters. The Balaban J connectivity index is 2.57. The van der Waals surface area contributed by atoms with Crippen molar-refractivity contribution in [3.8, 4) is 0 Å². The van der Waals surface area contributed by atoms with E-state index in [2.05, 4.69) is 20.9 Å². The molecule has 1 unspecified atom stereocenters. The van der Waals surface area contributed by atoms with Crippen LogP contribution >= 0.6 is 15.9 Å². The maximum atomic E-state index is 10.1. The van der Waals surface area contributed by atoms with E-state index in [1.165, 1.54) is 0 Å². The van der Waals surface area contributed by atoms with Crippen molar-refractivity contribution in [2.24, 2.45) is 0 Å². The minimum Gasteiger partial charge on any atom is -0.379 e. The topological polar surface area (TPSA) is 33.1 Å². The highest BCUT2D eigenvalue weighted by Gasteiger charge is 2.32. The first-order chi connectivity index (χ1) is 6.15. The monoisotopic (exact) mass is 239 g/mol. The number of aromatic nitrogens is 1. The summed E-state index contributed by atoms with van der Waals surface area (Å²) in [6.45, 7) is 1.95. The van der Waals surface area contributed by atoms with Gasteiger partial charge in [0.25, 0.3) is 0 Å². The van der Waals surface area contributed by atoms with Gasteiger partial charge in [-0.1, -0.05) is 19.1 Å². The third kappa shape index (κ3) is 1.32. The van der Waals surface area contributed by atoms with E-state index in [9.17, 15) is 5.11 Å². The predicted molar refractivity (Wildman–Crippen MR) is 55.2 cm³/mol. The fourth-order valence-corrected chi connectivity index (χ4v) is 1.83. The lowest BCUT2D eigenvalue weighted by Gasteiger charge is -2.19. The van der Waals surface area contributed by atoms with Crippen LogP contribution in [-0.4, -0.2) is 10.1 Å². The fourth-order valence-electron chi connectivity index (χ4n) is 1.52. The van der Waals surface area contributed by atoms with E-state index in [-0.39, 0.29) is 0 Å². The quantitative estimate of drug-likeness (QED) is 0.765. The van der Waals surface area contributed by atoms with Crippen LogP contribution in [0.3, 0.4) is 0 Å². The summed E-state index contributed by atoms with van der Waals surface area (Å²) in [5.41, 5.74) is 0.899. The van der Waals surface area contributed by atoms with Crippen molar-refractivity contribution in [2.75, 3.05) is 0 Å². The van der Waals surface area contributed by atoms with Gasteiger partial charge in [0.15, 0.2) is 0 Å². The Morgan fingerprint density at radius 3 is 3.00 bits per heavy atom. The molecule has 0 radical (unpaired) electrons. The minimum atomic E-state index is -0.862. The van der Waals surface area contributed by atoms with Gasteiger partial charge in [0.2, 0.25) is 0 Å². The van der Waals surface area contributed by atoms with E-state index in [4.69, 9.17) is 0 Å². The summed E-state index contributed by atoms with van der Waals surface area (Å²) in [4.78, 5) is 4.28. The lowest BCUT2D eigenvalue weighted by molar-refractivity contribution is 0.0839. The van der Waals surface area contributed by atoms with Gasteiger partial charge in [-0.15, -0.1) is 0 Å². The highest BCUT2D eigenvalue weighted by atomic mass is 79.9. The molecule has 68 valence electrons. The standard InChI is InChI=1S/C10H10BrNO/c1-2-10(13)6-5-7-3-4-8(11)12-9(7)10/h3-6,13H,2H2,1H3. The second-order valence-corrected chi connectivity index (χ2v) is 4.00. The van der Waals surface area contributed by atoms with Crippen LogP contribution in [0, 0.1) is 0 Å². The van der Waals surface area contributed by atoms with E-state index in [0.717, 1.165) is 15.9 Å². The molecule has 1 aromatic rings. The molecule has 1 aromatic heterocycles. The number of aliphatic hydroxyl groups is 1. The minimum absolute atomic E-state index is 0.653. The molecular weight excluding hydrogens is 230 g/mol. The number of hydrogen-bond acceptors (Lipinski definition) is 2. The molecule has 0 saturated heterocycles. The van der Waals surface area contributed by atoms with Crippen molar-refractivity contribution in [1.29, 1.82) is 0 Å². The van der Waals surface area contributed by atoms with Crippen molar-refractivity contribution in [3.63, 3.8) is 0 Å². The molecule has 0 fully saturated rings. The SMILES string of the molecule is CCC1(O)C=Cc2ccc(Br)nc21. The van der Waals surface area contributed by atoms with Crippen LogP contribution in [0.25, 0.3) is 6.08 Å². The Labute approximate surface area is 85.4 Å². The van der Waals surface area contributed by atoms with Crippen LogP contribution in [-0.2, 0) is 5.60 Å². The highest BCUT2D eigenvalue weighted by Crippen LogP contribution is 2.35. The third-order valence-electron chi connectivity index (χ3n) is 2.38. The zero-order chi connectivity index (χ0) is 9.47. The van der Waals surface area contributed by atoms with E-state index >= 15 is 0 Å². The molecule has 2 nitrogen and oxygen atoms in total. The summed E-state index contributed by atoms with van der Waals surface area (Å²) in [7, 11) is 0. The number of halogens is 1. The van der Waals surface area contributed by atoms with Gasteiger partial charge in [-0.3, -0.25) is 0 Å². The summed E-state index contributed by atoms with van der Waals surface area (Å²) in [5.74, 6) is 0. The molecule has 0 bridgehead atoms. The molecule has 1 aliphatic rings. The molecule has 0 aliphatic heterocycles. The Bertz CT molecular complexity index is 375. The van der Waals surface area contributed by atoms with E-state index < -0.39 is 5.60 Å². The maximum absolute atomic E-state index is 10.1. The molecule has 1 aliphatic carbocycles. The summed E-state index contributed by atoms with van der Waals surface area (Å²) in [5, 5.41) is 10.1. The second-order valence-electron chi connectivity index (χ2n) is 3.18. The number of nitrogens with zero attached hydrogens (tertiary/aromatic N) is 1. The van der Waals surface area contributed by atoms with Gasteiger partial charge in [0.05, 0.1) is 5.69 Å². The first-order valence-electron chi connectivity index (χ1n) is 4.24. The van der Waals surface area contributed by atoms with Crippen LogP contribution < -0.4 is 0 Å². The van der Waals surface area contributed by atoms with Crippen molar-refractivity contribution in [3.05, 3.63) is 34.1 Å². The molecule has 0 amide bonds. The Morgan fingerprint density at radius 1 is 1.54 bits per heavy atom. The smallest absolute Gasteiger partial charge is 0.125 e. The van der Waals surface area contributed by atoms with Gasteiger partial charge in [0, 0.05) is 0 Å².